The summed E-state index contributed by atoms with van der Waals surface area (Å²) in [4.78, 5) is 12.4. The van der Waals surface area contributed by atoms with E-state index >= 15 is 0 Å². The van der Waals surface area contributed by atoms with Gasteiger partial charge in [0.2, 0.25) is 0 Å². The van der Waals surface area contributed by atoms with Gasteiger partial charge in [-0.25, -0.2) is 4.79 Å². The second-order valence-corrected chi connectivity index (χ2v) is 6.97. The van der Waals surface area contributed by atoms with Gasteiger partial charge in [0.25, 0.3) is 0 Å². The number of rotatable bonds is 6. The van der Waals surface area contributed by atoms with Gasteiger partial charge in [-0.3, -0.25) is 0 Å². The molecule has 0 fully saturated rings. The summed E-state index contributed by atoms with van der Waals surface area (Å²) in [6.45, 7) is 8.92. The third-order valence-electron chi connectivity index (χ3n) is 4.32. The van der Waals surface area contributed by atoms with E-state index in [1.807, 2.05) is 30.3 Å². The van der Waals surface area contributed by atoms with Crippen LogP contribution in [0.25, 0.3) is 0 Å². The predicted molar refractivity (Wildman–Crippen MR) is 112 cm³/mol. The van der Waals surface area contributed by atoms with Crippen molar-refractivity contribution in [2.24, 2.45) is 5.73 Å². The van der Waals surface area contributed by atoms with Crippen LogP contribution in [0.5, 0.6) is 0 Å². The number of hydrogen-bond donors (Lipinski definition) is 3. The zero-order valence-corrected chi connectivity index (χ0v) is 16.8. The monoisotopic (exact) mass is 375 g/mol. The summed E-state index contributed by atoms with van der Waals surface area (Å²) in [7, 11) is 0. The molecular formula is C21H30ClN3O. The van der Waals surface area contributed by atoms with Crippen molar-refractivity contribution in [2.75, 3.05) is 11.9 Å². The molecule has 1 atom stereocenters. The third-order valence-corrected chi connectivity index (χ3v) is 4.32. The Hall–Kier alpha value is -2.04. The minimum atomic E-state index is -0.225. The van der Waals surface area contributed by atoms with Gasteiger partial charge in [-0.05, 0) is 28.5 Å². The number of para-hydroxylation sites is 1. The zero-order valence-electron chi connectivity index (χ0n) is 16.0. The molecule has 0 saturated heterocycles. The Balaban J connectivity index is 0.00000338. The van der Waals surface area contributed by atoms with Crippen LogP contribution in [0.2, 0.25) is 0 Å². The Kier molecular flexibility index (Phi) is 8.62. The molecular weight excluding hydrogens is 346 g/mol. The third kappa shape index (κ3) is 5.75. The maximum Gasteiger partial charge on any atom is 0.319 e. The molecule has 0 bridgehead atoms. The first-order valence-electron chi connectivity index (χ1n) is 8.88. The molecule has 0 unspecified atom stereocenters. The van der Waals surface area contributed by atoms with Crippen LogP contribution in [-0.4, -0.2) is 12.6 Å². The Morgan fingerprint density at radius 1 is 0.923 bits per heavy atom. The quantitative estimate of drug-likeness (QED) is 0.651. The number of nitrogens with two attached hydrogens (primary N) is 1. The number of amides is 2. The largest absolute Gasteiger partial charge is 0.336 e. The molecule has 0 spiro atoms. The number of hydrogen-bond acceptors (Lipinski definition) is 2. The van der Waals surface area contributed by atoms with Gasteiger partial charge in [0.05, 0.1) is 0 Å². The van der Waals surface area contributed by atoms with Crippen LogP contribution in [0.3, 0.4) is 0 Å². The lowest BCUT2D eigenvalue weighted by atomic mass is 9.93. The van der Waals surface area contributed by atoms with Crippen molar-refractivity contribution in [3.05, 3.63) is 65.2 Å². The van der Waals surface area contributed by atoms with Crippen molar-refractivity contribution in [2.45, 2.75) is 45.6 Å². The summed E-state index contributed by atoms with van der Waals surface area (Å²) in [5.74, 6) is 0.668. The molecule has 4 N–H and O–H groups in total. The number of nitrogens with one attached hydrogen (secondary N) is 2. The minimum Gasteiger partial charge on any atom is -0.336 e. The number of anilines is 1. The average molecular weight is 376 g/mol. The average Bonchev–Trinajstić information content (AvgIpc) is 2.60. The number of carbonyl (C=O) groups is 1. The van der Waals surface area contributed by atoms with Crippen LogP contribution >= 0.6 is 12.4 Å². The fourth-order valence-electron chi connectivity index (χ4n) is 2.87. The molecule has 26 heavy (non-hydrogen) atoms. The number of benzene rings is 2. The van der Waals surface area contributed by atoms with Gasteiger partial charge in [0.1, 0.15) is 0 Å². The Morgan fingerprint density at radius 3 is 1.96 bits per heavy atom. The van der Waals surface area contributed by atoms with E-state index in [1.165, 1.54) is 0 Å². The molecule has 2 rings (SSSR count). The highest BCUT2D eigenvalue weighted by molar-refractivity contribution is 5.91. The molecule has 0 radical (unpaired) electrons. The van der Waals surface area contributed by atoms with E-state index in [-0.39, 0.29) is 24.5 Å². The van der Waals surface area contributed by atoms with E-state index in [1.54, 1.807) is 0 Å². The van der Waals surface area contributed by atoms with Crippen LogP contribution in [0.15, 0.2) is 48.5 Å². The highest BCUT2D eigenvalue weighted by atomic mass is 35.5. The SMILES string of the molecule is CC(C)c1cccc(C(C)C)c1NC(=O)NC[C@@H](N)c1ccccc1.Cl. The first kappa shape index (κ1) is 22.0. The molecule has 0 heterocycles. The van der Waals surface area contributed by atoms with Gasteiger partial charge in [-0.15, -0.1) is 12.4 Å². The molecule has 2 amide bonds. The summed E-state index contributed by atoms with van der Waals surface area (Å²) in [5.41, 5.74) is 10.4. The first-order chi connectivity index (χ1) is 11.9. The molecule has 142 valence electrons. The molecule has 4 nitrogen and oxygen atoms in total. The Labute approximate surface area is 163 Å². The number of halogens is 1. The maximum atomic E-state index is 12.4. The standard InChI is InChI=1S/C21H29N3O.ClH/c1-14(2)17-11-8-12-18(15(3)4)20(17)24-21(25)23-13-19(22)16-9-6-5-7-10-16;/h5-12,14-15,19H,13,22H2,1-4H3,(H2,23,24,25);1H/t19-;/m1./s1. The van der Waals surface area contributed by atoms with E-state index < -0.39 is 0 Å². The van der Waals surface area contributed by atoms with Gasteiger partial charge in [-0.2, -0.15) is 0 Å². The maximum absolute atomic E-state index is 12.4. The van der Waals surface area contributed by atoms with E-state index in [2.05, 4.69) is 56.5 Å². The number of carbonyl (C=O) groups excluding carboxylic acids is 1. The molecule has 0 aliphatic carbocycles. The second kappa shape index (κ2) is 10.2. The van der Waals surface area contributed by atoms with Crippen LogP contribution in [0, 0.1) is 0 Å². The van der Waals surface area contributed by atoms with Gasteiger partial charge in [0.15, 0.2) is 0 Å². The normalized spacial score (nSPS) is 11.8. The molecule has 0 aliphatic heterocycles. The second-order valence-electron chi connectivity index (χ2n) is 6.97. The van der Waals surface area contributed by atoms with Gasteiger partial charge in [0, 0.05) is 18.3 Å². The summed E-state index contributed by atoms with van der Waals surface area (Å²) in [5, 5.41) is 5.93. The lowest BCUT2D eigenvalue weighted by Crippen LogP contribution is -2.35. The van der Waals surface area contributed by atoms with Crippen molar-refractivity contribution >= 4 is 24.1 Å². The minimum absolute atomic E-state index is 0. The van der Waals surface area contributed by atoms with Crippen molar-refractivity contribution in [3.8, 4) is 0 Å². The van der Waals surface area contributed by atoms with Crippen LogP contribution in [-0.2, 0) is 0 Å². The molecule has 2 aromatic carbocycles. The summed E-state index contributed by atoms with van der Waals surface area (Å²) in [6, 6.07) is 15.5. The predicted octanol–water partition coefficient (Wildman–Crippen LogP) is 5.18. The lowest BCUT2D eigenvalue weighted by Gasteiger charge is -2.21. The van der Waals surface area contributed by atoms with Crippen LogP contribution in [0.1, 0.15) is 62.3 Å². The fourth-order valence-corrected chi connectivity index (χ4v) is 2.87. The van der Waals surface area contributed by atoms with Gasteiger partial charge in [-0.1, -0.05) is 76.2 Å². The van der Waals surface area contributed by atoms with E-state index in [9.17, 15) is 4.79 Å². The number of urea groups is 1. The van der Waals surface area contributed by atoms with E-state index in [0.29, 0.717) is 18.4 Å². The van der Waals surface area contributed by atoms with Crippen LogP contribution < -0.4 is 16.4 Å². The smallest absolute Gasteiger partial charge is 0.319 e. The summed E-state index contributed by atoms with van der Waals surface area (Å²) >= 11 is 0. The van der Waals surface area contributed by atoms with E-state index in [0.717, 1.165) is 22.4 Å². The molecule has 2 aromatic rings. The Bertz CT molecular complexity index is 675. The van der Waals surface area contributed by atoms with Crippen LogP contribution in [0.4, 0.5) is 10.5 Å². The fraction of sp³-hybridized carbons (Fsp3) is 0.381. The van der Waals surface area contributed by atoms with Gasteiger partial charge >= 0.3 is 6.03 Å². The van der Waals surface area contributed by atoms with Crippen molar-refractivity contribution in [1.82, 2.24) is 5.32 Å². The topological polar surface area (TPSA) is 67.2 Å². The van der Waals surface area contributed by atoms with E-state index in [4.69, 9.17) is 5.73 Å². The molecule has 0 saturated carbocycles. The molecule has 0 aromatic heterocycles. The molecule has 0 aliphatic rings. The Morgan fingerprint density at radius 2 is 1.46 bits per heavy atom. The van der Waals surface area contributed by atoms with Crippen molar-refractivity contribution in [1.29, 1.82) is 0 Å². The highest BCUT2D eigenvalue weighted by Gasteiger charge is 2.16. The highest BCUT2D eigenvalue weighted by Crippen LogP contribution is 2.32. The van der Waals surface area contributed by atoms with Gasteiger partial charge < -0.3 is 16.4 Å². The van der Waals surface area contributed by atoms with Crippen molar-refractivity contribution in [3.63, 3.8) is 0 Å². The van der Waals surface area contributed by atoms with Crippen molar-refractivity contribution < 1.29 is 4.79 Å². The zero-order chi connectivity index (χ0) is 18.4. The first-order valence-corrected chi connectivity index (χ1v) is 8.88. The summed E-state index contributed by atoms with van der Waals surface area (Å²) < 4.78 is 0. The summed E-state index contributed by atoms with van der Waals surface area (Å²) in [6.07, 6.45) is 0. The molecule has 5 heteroatoms. The lowest BCUT2D eigenvalue weighted by molar-refractivity contribution is 0.251.